The van der Waals surface area contributed by atoms with E-state index in [1.165, 1.54) is 36.3 Å². The van der Waals surface area contributed by atoms with Gasteiger partial charge in [-0.15, -0.1) is 11.3 Å². The van der Waals surface area contributed by atoms with Crippen molar-refractivity contribution < 1.29 is 9.59 Å². The molecule has 1 aliphatic heterocycles. The molecule has 2 amide bonds. The largest absolute Gasteiger partial charge is 0.372 e. The number of nitrogens with one attached hydrogen (secondary N) is 2. The zero-order valence-electron chi connectivity index (χ0n) is 18.8. The van der Waals surface area contributed by atoms with E-state index < -0.39 is 0 Å². The molecule has 0 unspecified atom stereocenters. The van der Waals surface area contributed by atoms with Gasteiger partial charge in [-0.2, -0.15) is 0 Å². The number of anilines is 1. The molecule has 0 radical (unpaired) electrons. The van der Waals surface area contributed by atoms with E-state index in [1.54, 1.807) is 12.1 Å². The SMILES string of the molecule is Cc1ccccc1C(=O)N/C(=C\c1cccs1)C(=O)NCc1ccc(N2CCCCC2)cc1. The fourth-order valence-electron chi connectivity index (χ4n) is 3.95. The van der Waals surface area contributed by atoms with Crippen LogP contribution in [0.1, 0.15) is 45.6 Å². The minimum Gasteiger partial charge on any atom is -0.372 e. The van der Waals surface area contributed by atoms with E-state index in [4.69, 9.17) is 0 Å². The lowest BCUT2D eigenvalue weighted by atomic mass is 10.1. The molecule has 0 saturated carbocycles. The van der Waals surface area contributed by atoms with Gasteiger partial charge in [0.05, 0.1) is 0 Å². The first kappa shape index (κ1) is 22.8. The molecule has 2 N–H and O–H groups in total. The van der Waals surface area contributed by atoms with Crippen molar-refractivity contribution in [1.82, 2.24) is 10.6 Å². The van der Waals surface area contributed by atoms with Gasteiger partial charge >= 0.3 is 0 Å². The highest BCUT2D eigenvalue weighted by molar-refractivity contribution is 7.10. The number of carbonyl (C=O) groups excluding carboxylic acids is 2. The predicted octanol–water partition coefficient (Wildman–Crippen LogP) is 5.13. The van der Waals surface area contributed by atoms with Crippen molar-refractivity contribution in [2.24, 2.45) is 0 Å². The molecule has 1 aromatic heterocycles. The summed E-state index contributed by atoms with van der Waals surface area (Å²) in [4.78, 5) is 29.2. The molecule has 170 valence electrons. The number of aryl methyl sites for hydroxylation is 1. The fraction of sp³-hybridized carbons (Fsp3) is 0.259. The topological polar surface area (TPSA) is 61.4 Å². The van der Waals surface area contributed by atoms with Crippen LogP contribution in [0.25, 0.3) is 6.08 Å². The summed E-state index contributed by atoms with van der Waals surface area (Å²) < 4.78 is 0. The molecular weight excluding hydrogens is 430 g/mol. The fourth-order valence-corrected chi connectivity index (χ4v) is 4.60. The van der Waals surface area contributed by atoms with Crippen LogP contribution in [0, 0.1) is 6.92 Å². The highest BCUT2D eigenvalue weighted by atomic mass is 32.1. The molecule has 0 bridgehead atoms. The average Bonchev–Trinajstić information content (AvgIpc) is 3.36. The molecule has 4 rings (SSSR count). The molecule has 33 heavy (non-hydrogen) atoms. The minimum atomic E-state index is -0.314. The van der Waals surface area contributed by atoms with Crippen molar-refractivity contribution in [2.75, 3.05) is 18.0 Å². The van der Waals surface area contributed by atoms with Crippen molar-refractivity contribution >= 4 is 34.9 Å². The van der Waals surface area contributed by atoms with E-state index in [-0.39, 0.29) is 17.5 Å². The first-order chi connectivity index (χ1) is 16.1. The third-order valence-corrected chi connectivity index (χ3v) is 6.64. The summed E-state index contributed by atoms with van der Waals surface area (Å²) >= 11 is 1.51. The van der Waals surface area contributed by atoms with E-state index in [2.05, 4.69) is 39.8 Å². The molecule has 0 spiro atoms. The third kappa shape index (κ3) is 6.11. The molecule has 1 aliphatic rings. The van der Waals surface area contributed by atoms with Gasteiger partial charge in [-0.05, 0) is 73.0 Å². The molecule has 5 nitrogen and oxygen atoms in total. The van der Waals surface area contributed by atoms with E-state index in [0.717, 1.165) is 29.1 Å². The number of thiophene rings is 1. The Bertz CT molecular complexity index is 1110. The van der Waals surface area contributed by atoms with E-state index in [1.807, 2.05) is 42.6 Å². The number of carbonyl (C=O) groups is 2. The van der Waals surface area contributed by atoms with Crippen LogP contribution in [0.3, 0.4) is 0 Å². The summed E-state index contributed by atoms with van der Waals surface area (Å²) in [6.07, 6.45) is 5.51. The van der Waals surface area contributed by atoms with Gasteiger partial charge in [0.25, 0.3) is 11.8 Å². The first-order valence-electron chi connectivity index (χ1n) is 11.3. The molecule has 2 aromatic carbocycles. The van der Waals surface area contributed by atoms with Gasteiger partial charge in [-0.25, -0.2) is 0 Å². The lowest BCUT2D eigenvalue weighted by molar-refractivity contribution is -0.117. The van der Waals surface area contributed by atoms with E-state index in [0.29, 0.717) is 12.1 Å². The average molecular weight is 460 g/mol. The molecule has 2 heterocycles. The van der Waals surface area contributed by atoms with Crippen molar-refractivity contribution in [3.63, 3.8) is 0 Å². The van der Waals surface area contributed by atoms with E-state index >= 15 is 0 Å². The van der Waals surface area contributed by atoms with Gasteiger partial charge in [0, 0.05) is 35.8 Å². The summed E-state index contributed by atoms with van der Waals surface area (Å²) in [6, 6.07) is 19.5. The van der Waals surface area contributed by atoms with Crippen molar-refractivity contribution in [1.29, 1.82) is 0 Å². The molecule has 1 saturated heterocycles. The highest BCUT2D eigenvalue weighted by Gasteiger charge is 2.16. The lowest BCUT2D eigenvalue weighted by Gasteiger charge is -2.28. The maximum Gasteiger partial charge on any atom is 0.268 e. The third-order valence-electron chi connectivity index (χ3n) is 5.82. The Kier molecular flexibility index (Phi) is 7.58. The zero-order chi connectivity index (χ0) is 23.0. The molecule has 0 aliphatic carbocycles. The van der Waals surface area contributed by atoms with Crippen LogP contribution >= 0.6 is 11.3 Å². The number of hydrogen-bond acceptors (Lipinski definition) is 4. The van der Waals surface area contributed by atoms with Crippen LogP contribution in [-0.4, -0.2) is 24.9 Å². The van der Waals surface area contributed by atoms with Gasteiger partial charge in [0.2, 0.25) is 0 Å². The standard InChI is InChI=1S/C27H29N3O2S/c1-20-8-3-4-10-24(20)26(31)29-25(18-23-9-7-17-33-23)27(32)28-19-21-11-13-22(14-12-21)30-15-5-2-6-16-30/h3-4,7-14,17-18H,2,5-6,15-16,19H2,1H3,(H,28,32)(H,29,31)/b25-18-. The summed E-state index contributed by atoms with van der Waals surface area (Å²) in [6.45, 7) is 4.48. The second kappa shape index (κ2) is 11.0. The molecule has 1 fully saturated rings. The summed E-state index contributed by atoms with van der Waals surface area (Å²) in [7, 11) is 0. The van der Waals surface area contributed by atoms with Gasteiger partial charge in [-0.3, -0.25) is 9.59 Å². The monoisotopic (exact) mass is 459 g/mol. The van der Waals surface area contributed by atoms with Crippen LogP contribution in [0.4, 0.5) is 5.69 Å². The Hall–Kier alpha value is -3.38. The van der Waals surface area contributed by atoms with Crippen LogP contribution in [0.5, 0.6) is 0 Å². The van der Waals surface area contributed by atoms with Gasteiger partial charge in [-0.1, -0.05) is 36.4 Å². The minimum absolute atomic E-state index is 0.232. The van der Waals surface area contributed by atoms with Crippen LogP contribution in [-0.2, 0) is 11.3 Å². The van der Waals surface area contributed by atoms with Gasteiger partial charge in [0.1, 0.15) is 5.70 Å². The predicted molar refractivity (Wildman–Crippen MR) is 135 cm³/mol. The van der Waals surface area contributed by atoms with Crippen molar-refractivity contribution in [2.45, 2.75) is 32.7 Å². The van der Waals surface area contributed by atoms with Crippen molar-refractivity contribution in [3.05, 3.63) is 93.3 Å². The Labute approximate surface area is 199 Å². The number of benzene rings is 2. The van der Waals surface area contributed by atoms with Gasteiger partial charge in [0.15, 0.2) is 0 Å². The maximum absolute atomic E-state index is 13.0. The van der Waals surface area contributed by atoms with Crippen LogP contribution in [0.2, 0.25) is 0 Å². The molecule has 6 heteroatoms. The highest BCUT2D eigenvalue weighted by Crippen LogP contribution is 2.20. The summed E-state index contributed by atoms with van der Waals surface area (Å²) in [5.41, 5.74) is 3.89. The number of amides is 2. The first-order valence-corrected chi connectivity index (χ1v) is 12.2. The quantitative estimate of drug-likeness (QED) is 0.481. The van der Waals surface area contributed by atoms with Crippen LogP contribution < -0.4 is 15.5 Å². The maximum atomic E-state index is 13.0. The summed E-state index contributed by atoms with van der Waals surface area (Å²) in [5.74, 6) is -0.609. The summed E-state index contributed by atoms with van der Waals surface area (Å²) in [5, 5.41) is 7.70. The van der Waals surface area contributed by atoms with E-state index in [9.17, 15) is 9.59 Å². The number of piperidine rings is 1. The normalized spacial score (nSPS) is 14.1. The Morgan fingerprint density at radius 2 is 1.73 bits per heavy atom. The number of nitrogens with zero attached hydrogens (tertiary/aromatic N) is 1. The molecule has 0 atom stereocenters. The zero-order valence-corrected chi connectivity index (χ0v) is 19.7. The lowest BCUT2D eigenvalue weighted by Crippen LogP contribution is -2.34. The number of rotatable bonds is 7. The Morgan fingerprint density at radius 3 is 2.42 bits per heavy atom. The van der Waals surface area contributed by atoms with Crippen molar-refractivity contribution in [3.8, 4) is 0 Å². The number of hydrogen-bond donors (Lipinski definition) is 2. The molecular formula is C27H29N3O2S. The van der Waals surface area contributed by atoms with Crippen LogP contribution in [0.15, 0.2) is 71.7 Å². The molecule has 3 aromatic rings. The Balaban J connectivity index is 1.43. The van der Waals surface area contributed by atoms with Gasteiger partial charge < -0.3 is 15.5 Å². The Morgan fingerprint density at radius 1 is 0.970 bits per heavy atom. The smallest absolute Gasteiger partial charge is 0.268 e. The second-order valence-electron chi connectivity index (χ2n) is 8.24. The second-order valence-corrected chi connectivity index (χ2v) is 9.22.